The van der Waals surface area contributed by atoms with E-state index in [1.165, 1.54) is 6.08 Å². The van der Waals surface area contributed by atoms with Gasteiger partial charge >= 0.3 is 5.97 Å². The van der Waals surface area contributed by atoms with Crippen LogP contribution in [0.15, 0.2) is 43.0 Å². The Morgan fingerprint density at radius 1 is 1.26 bits per heavy atom. The van der Waals surface area contributed by atoms with E-state index in [2.05, 4.69) is 11.9 Å². The van der Waals surface area contributed by atoms with E-state index in [1.807, 2.05) is 26.0 Å². The van der Waals surface area contributed by atoms with Gasteiger partial charge in [0.2, 0.25) is 0 Å². The van der Waals surface area contributed by atoms with Gasteiger partial charge in [0.25, 0.3) is 5.91 Å². The molecule has 1 rings (SSSR count). The minimum absolute atomic E-state index is 0.274. The molecule has 0 heterocycles. The molecule has 0 radical (unpaired) electrons. The second kappa shape index (κ2) is 10.2. The molecule has 0 saturated carbocycles. The molecule has 1 amide bonds. The van der Waals surface area contributed by atoms with E-state index in [0.717, 1.165) is 11.3 Å². The summed E-state index contributed by atoms with van der Waals surface area (Å²) in [6, 6.07) is 7.23. The van der Waals surface area contributed by atoms with E-state index >= 15 is 0 Å². The number of carbonyl (C=O) groups excluding carboxylic acids is 2. The van der Waals surface area contributed by atoms with Crippen LogP contribution in [-0.2, 0) is 14.3 Å². The molecule has 0 spiro atoms. The topological polar surface area (TPSA) is 64.6 Å². The molecule has 0 fully saturated rings. The zero-order valence-electron chi connectivity index (χ0n) is 13.6. The molecule has 1 aromatic rings. The number of rotatable bonds is 9. The van der Waals surface area contributed by atoms with Crippen molar-refractivity contribution in [1.82, 2.24) is 5.32 Å². The molecule has 5 nitrogen and oxygen atoms in total. The maximum Gasteiger partial charge on any atom is 0.331 e. The molecule has 1 aromatic carbocycles. The Morgan fingerprint density at radius 3 is 2.57 bits per heavy atom. The van der Waals surface area contributed by atoms with Crippen molar-refractivity contribution < 1.29 is 19.1 Å². The number of esters is 1. The number of amides is 1. The molecule has 0 bridgehead atoms. The van der Waals surface area contributed by atoms with Crippen LogP contribution in [-0.4, -0.2) is 31.6 Å². The van der Waals surface area contributed by atoms with Gasteiger partial charge in [-0.1, -0.05) is 38.6 Å². The Labute approximate surface area is 137 Å². The van der Waals surface area contributed by atoms with Crippen molar-refractivity contribution in [3.05, 3.63) is 48.6 Å². The first-order valence-electron chi connectivity index (χ1n) is 7.46. The highest BCUT2D eigenvalue weighted by Gasteiger charge is 2.05. The third kappa shape index (κ3) is 8.46. The van der Waals surface area contributed by atoms with Gasteiger partial charge in [-0.25, -0.2) is 4.79 Å². The fourth-order valence-electron chi connectivity index (χ4n) is 1.55. The fraction of sp³-hybridized carbons (Fsp3) is 0.333. The van der Waals surface area contributed by atoms with Crippen molar-refractivity contribution in [2.45, 2.75) is 13.8 Å². The molecule has 0 unspecified atom stereocenters. The normalized spacial score (nSPS) is 10.6. The summed E-state index contributed by atoms with van der Waals surface area (Å²) in [5.41, 5.74) is 0.831. The number of nitrogens with one attached hydrogen (secondary N) is 1. The van der Waals surface area contributed by atoms with Gasteiger partial charge in [-0.05, 0) is 29.7 Å². The molecule has 0 aliphatic rings. The lowest BCUT2D eigenvalue weighted by Gasteiger charge is -2.07. The minimum Gasteiger partial charge on any atom is -0.490 e. The second-order valence-corrected chi connectivity index (χ2v) is 5.31. The Kier molecular flexibility index (Phi) is 8.21. The highest BCUT2D eigenvalue weighted by molar-refractivity contribution is 5.89. The Morgan fingerprint density at radius 2 is 1.96 bits per heavy atom. The zero-order valence-corrected chi connectivity index (χ0v) is 13.6. The van der Waals surface area contributed by atoms with Crippen LogP contribution in [0.5, 0.6) is 5.75 Å². The van der Waals surface area contributed by atoms with E-state index < -0.39 is 5.97 Å². The van der Waals surface area contributed by atoms with Gasteiger partial charge in [-0.15, -0.1) is 0 Å². The molecule has 0 saturated heterocycles. The van der Waals surface area contributed by atoms with Gasteiger partial charge in [0.15, 0.2) is 6.61 Å². The largest absolute Gasteiger partial charge is 0.490 e. The smallest absolute Gasteiger partial charge is 0.331 e. The number of hydrogen-bond acceptors (Lipinski definition) is 4. The quantitative estimate of drug-likeness (QED) is 0.432. The van der Waals surface area contributed by atoms with Crippen molar-refractivity contribution >= 4 is 18.0 Å². The predicted molar refractivity (Wildman–Crippen MR) is 90.0 cm³/mol. The SMILES string of the molecule is C=CCOc1ccc(/C=C/C(=O)OCC(=O)NCC(C)C)cc1. The van der Waals surface area contributed by atoms with Crippen LogP contribution in [0, 0.1) is 5.92 Å². The van der Waals surface area contributed by atoms with Crippen molar-refractivity contribution in [2.75, 3.05) is 19.8 Å². The summed E-state index contributed by atoms with van der Waals surface area (Å²) < 4.78 is 10.2. The zero-order chi connectivity index (χ0) is 17.1. The summed E-state index contributed by atoms with van der Waals surface area (Å²) in [5, 5.41) is 2.67. The number of carbonyl (C=O) groups is 2. The van der Waals surface area contributed by atoms with Gasteiger partial charge < -0.3 is 14.8 Å². The summed E-state index contributed by atoms with van der Waals surface area (Å²) in [4.78, 5) is 23.0. The first kappa shape index (κ1) is 18.5. The van der Waals surface area contributed by atoms with Crippen molar-refractivity contribution in [2.24, 2.45) is 5.92 Å². The lowest BCUT2D eigenvalue weighted by atomic mass is 10.2. The molecular formula is C18H23NO4. The molecule has 23 heavy (non-hydrogen) atoms. The summed E-state index contributed by atoms with van der Waals surface area (Å²) in [6.07, 6.45) is 4.57. The molecule has 0 aromatic heterocycles. The summed E-state index contributed by atoms with van der Waals surface area (Å²) >= 11 is 0. The number of benzene rings is 1. The summed E-state index contributed by atoms with van der Waals surface area (Å²) in [5.74, 6) is 0.222. The standard InChI is InChI=1S/C18H23NO4/c1-4-11-22-16-8-5-15(6-9-16)7-10-18(21)23-13-17(20)19-12-14(2)3/h4-10,14H,1,11-13H2,2-3H3,(H,19,20)/b10-7+. The van der Waals surface area contributed by atoms with Crippen molar-refractivity contribution in [1.29, 1.82) is 0 Å². The maximum atomic E-state index is 11.5. The first-order valence-corrected chi connectivity index (χ1v) is 7.46. The molecule has 0 aliphatic carbocycles. The predicted octanol–water partition coefficient (Wildman–Crippen LogP) is 2.58. The molecule has 0 aliphatic heterocycles. The lowest BCUT2D eigenvalue weighted by Crippen LogP contribution is -2.31. The van der Waals surface area contributed by atoms with Gasteiger partial charge in [-0.2, -0.15) is 0 Å². The van der Waals surface area contributed by atoms with Crippen LogP contribution >= 0.6 is 0 Å². The van der Waals surface area contributed by atoms with E-state index in [9.17, 15) is 9.59 Å². The Bertz CT molecular complexity index is 547. The van der Waals surface area contributed by atoms with Gasteiger partial charge in [0.05, 0.1) is 0 Å². The van der Waals surface area contributed by atoms with Crippen LogP contribution in [0.3, 0.4) is 0 Å². The molecular weight excluding hydrogens is 294 g/mol. The van der Waals surface area contributed by atoms with Crippen molar-refractivity contribution in [3.63, 3.8) is 0 Å². The maximum absolute atomic E-state index is 11.5. The van der Waals surface area contributed by atoms with E-state index in [0.29, 0.717) is 19.1 Å². The molecule has 1 N–H and O–H groups in total. The average Bonchev–Trinajstić information content (AvgIpc) is 2.55. The van der Waals surface area contributed by atoms with Crippen LogP contribution in [0.2, 0.25) is 0 Å². The van der Waals surface area contributed by atoms with E-state index in [4.69, 9.17) is 9.47 Å². The molecule has 124 valence electrons. The highest BCUT2D eigenvalue weighted by Crippen LogP contribution is 2.13. The Hall–Kier alpha value is -2.56. The Balaban J connectivity index is 2.37. The lowest BCUT2D eigenvalue weighted by molar-refractivity contribution is -0.143. The van der Waals surface area contributed by atoms with Crippen molar-refractivity contribution in [3.8, 4) is 5.75 Å². The van der Waals surface area contributed by atoms with Crippen LogP contribution in [0.25, 0.3) is 6.08 Å². The highest BCUT2D eigenvalue weighted by atomic mass is 16.5. The number of ether oxygens (including phenoxy) is 2. The van der Waals surface area contributed by atoms with Crippen LogP contribution in [0.4, 0.5) is 0 Å². The van der Waals surface area contributed by atoms with E-state index in [-0.39, 0.29) is 12.5 Å². The first-order chi connectivity index (χ1) is 11.0. The van der Waals surface area contributed by atoms with Gasteiger partial charge in [0, 0.05) is 12.6 Å². The average molecular weight is 317 g/mol. The summed E-state index contributed by atoms with van der Waals surface area (Å²) in [6.45, 7) is 8.29. The monoisotopic (exact) mass is 317 g/mol. The molecule has 5 heteroatoms. The summed E-state index contributed by atoms with van der Waals surface area (Å²) in [7, 11) is 0. The number of hydrogen-bond donors (Lipinski definition) is 1. The minimum atomic E-state index is -0.559. The van der Waals surface area contributed by atoms with Gasteiger partial charge in [0.1, 0.15) is 12.4 Å². The van der Waals surface area contributed by atoms with E-state index in [1.54, 1.807) is 24.3 Å². The second-order valence-electron chi connectivity index (χ2n) is 5.31. The third-order valence-corrected chi connectivity index (χ3v) is 2.71. The van der Waals surface area contributed by atoms with Crippen LogP contribution < -0.4 is 10.1 Å². The fourth-order valence-corrected chi connectivity index (χ4v) is 1.55. The van der Waals surface area contributed by atoms with Crippen LogP contribution in [0.1, 0.15) is 19.4 Å². The third-order valence-electron chi connectivity index (χ3n) is 2.71. The molecule has 0 atom stereocenters. The van der Waals surface area contributed by atoms with Gasteiger partial charge in [-0.3, -0.25) is 4.79 Å².